The van der Waals surface area contributed by atoms with Crippen LogP contribution in [-0.2, 0) is 4.79 Å². The highest BCUT2D eigenvalue weighted by molar-refractivity contribution is 7.99. The van der Waals surface area contributed by atoms with Gasteiger partial charge >= 0.3 is 0 Å². The summed E-state index contributed by atoms with van der Waals surface area (Å²) in [6.45, 7) is 4.19. The first-order valence-electron chi connectivity index (χ1n) is 5.79. The molecule has 1 aliphatic rings. The Balaban J connectivity index is 2.67. The van der Waals surface area contributed by atoms with Gasteiger partial charge < -0.3 is 16.2 Å². The smallest absolute Gasteiger partial charge is 0.238 e. The summed E-state index contributed by atoms with van der Waals surface area (Å²) in [5.74, 6) is 1.43. The summed E-state index contributed by atoms with van der Waals surface area (Å²) in [7, 11) is 0. The molecule has 1 fully saturated rings. The van der Waals surface area contributed by atoms with Gasteiger partial charge in [-0.2, -0.15) is 11.8 Å². The summed E-state index contributed by atoms with van der Waals surface area (Å²) < 4.78 is 0. The standard InChI is InChI=1S/C11H22N2O2S/c1-8(2)13-11(10(12)15,9-3-4-9)7-16-6-5-14/h8-9,13-14H,3-7H2,1-2H3,(H2,12,15). The molecule has 1 unspecified atom stereocenters. The van der Waals surface area contributed by atoms with E-state index in [1.807, 2.05) is 13.8 Å². The third-order valence-corrected chi connectivity index (χ3v) is 3.96. The number of carbonyl (C=O) groups excluding carboxylic acids is 1. The fraction of sp³-hybridized carbons (Fsp3) is 0.909. The lowest BCUT2D eigenvalue weighted by Gasteiger charge is -2.33. The average Bonchev–Trinajstić information content (AvgIpc) is 2.98. The third-order valence-electron chi connectivity index (χ3n) is 2.83. The van der Waals surface area contributed by atoms with Crippen molar-refractivity contribution in [2.45, 2.75) is 38.3 Å². The Morgan fingerprint density at radius 2 is 2.25 bits per heavy atom. The van der Waals surface area contributed by atoms with Crippen LogP contribution in [0.4, 0.5) is 0 Å². The lowest BCUT2D eigenvalue weighted by Crippen LogP contribution is -2.61. The van der Waals surface area contributed by atoms with E-state index in [1.165, 1.54) is 0 Å². The first kappa shape index (κ1) is 13.8. The average molecular weight is 246 g/mol. The molecule has 1 aliphatic carbocycles. The number of thioether (sulfide) groups is 1. The minimum absolute atomic E-state index is 0.145. The van der Waals surface area contributed by atoms with Gasteiger partial charge in [-0.1, -0.05) is 0 Å². The van der Waals surface area contributed by atoms with Crippen LogP contribution in [-0.4, -0.2) is 40.7 Å². The topological polar surface area (TPSA) is 75.3 Å². The van der Waals surface area contributed by atoms with E-state index in [2.05, 4.69) is 5.32 Å². The number of nitrogens with one attached hydrogen (secondary N) is 1. The van der Waals surface area contributed by atoms with Crippen molar-refractivity contribution in [3.63, 3.8) is 0 Å². The molecule has 16 heavy (non-hydrogen) atoms. The van der Waals surface area contributed by atoms with E-state index in [-0.39, 0.29) is 18.6 Å². The highest BCUT2D eigenvalue weighted by Crippen LogP contribution is 2.41. The SMILES string of the molecule is CC(C)NC(CSCCO)(C(N)=O)C1CC1. The summed E-state index contributed by atoms with van der Waals surface area (Å²) in [5, 5.41) is 12.1. The number of amides is 1. The van der Waals surface area contributed by atoms with Crippen molar-refractivity contribution in [2.75, 3.05) is 18.1 Å². The molecule has 1 saturated carbocycles. The largest absolute Gasteiger partial charge is 0.396 e. The number of hydrogen-bond acceptors (Lipinski definition) is 4. The molecule has 5 heteroatoms. The summed E-state index contributed by atoms with van der Waals surface area (Å²) >= 11 is 1.59. The van der Waals surface area contributed by atoms with E-state index >= 15 is 0 Å². The molecule has 0 radical (unpaired) electrons. The van der Waals surface area contributed by atoms with Gasteiger partial charge in [0.05, 0.1) is 6.61 Å². The van der Waals surface area contributed by atoms with Crippen molar-refractivity contribution < 1.29 is 9.90 Å². The Morgan fingerprint density at radius 3 is 2.62 bits per heavy atom. The molecule has 1 atom stereocenters. The normalized spacial score (nSPS) is 19.8. The van der Waals surface area contributed by atoms with Crippen molar-refractivity contribution in [1.29, 1.82) is 0 Å². The van der Waals surface area contributed by atoms with Crippen molar-refractivity contribution >= 4 is 17.7 Å². The molecule has 0 heterocycles. The molecule has 0 aromatic carbocycles. The van der Waals surface area contributed by atoms with Gasteiger partial charge in [0, 0.05) is 17.5 Å². The molecular formula is C11H22N2O2S. The van der Waals surface area contributed by atoms with Crippen LogP contribution in [0.1, 0.15) is 26.7 Å². The third kappa shape index (κ3) is 3.37. The van der Waals surface area contributed by atoms with Gasteiger partial charge in [-0.15, -0.1) is 0 Å². The number of rotatable bonds is 8. The minimum atomic E-state index is -0.575. The Labute approximate surface area is 101 Å². The number of aliphatic hydroxyl groups is 1. The number of carbonyl (C=O) groups is 1. The second-order valence-electron chi connectivity index (χ2n) is 4.69. The van der Waals surface area contributed by atoms with Crippen LogP contribution in [0.25, 0.3) is 0 Å². The highest BCUT2D eigenvalue weighted by Gasteiger charge is 2.49. The van der Waals surface area contributed by atoms with Gasteiger partial charge in [-0.05, 0) is 32.6 Å². The Bertz CT molecular complexity index is 244. The molecule has 1 rings (SSSR count). The molecule has 4 N–H and O–H groups in total. The van der Waals surface area contributed by atoms with Crippen LogP contribution >= 0.6 is 11.8 Å². The van der Waals surface area contributed by atoms with Crippen LogP contribution < -0.4 is 11.1 Å². The van der Waals surface area contributed by atoms with Crippen LogP contribution in [0.5, 0.6) is 0 Å². The van der Waals surface area contributed by atoms with E-state index in [0.717, 1.165) is 12.8 Å². The van der Waals surface area contributed by atoms with E-state index in [9.17, 15) is 4.79 Å². The minimum Gasteiger partial charge on any atom is -0.396 e. The Kier molecular flexibility index (Phi) is 5.08. The predicted octanol–water partition coefficient (Wildman–Crippen LogP) is 0.344. The van der Waals surface area contributed by atoms with E-state index < -0.39 is 5.54 Å². The molecule has 0 saturated heterocycles. The summed E-state index contributed by atoms with van der Waals surface area (Å²) in [4.78, 5) is 11.7. The maximum Gasteiger partial charge on any atom is 0.238 e. The Morgan fingerprint density at radius 1 is 1.62 bits per heavy atom. The van der Waals surface area contributed by atoms with Crippen molar-refractivity contribution in [2.24, 2.45) is 11.7 Å². The van der Waals surface area contributed by atoms with Crippen molar-refractivity contribution in [3.8, 4) is 0 Å². The van der Waals surface area contributed by atoms with E-state index in [1.54, 1.807) is 11.8 Å². The molecule has 0 bridgehead atoms. The van der Waals surface area contributed by atoms with E-state index in [4.69, 9.17) is 10.8 Å². The first-order valence-corrected chi connectivity index (χ1v) is 6.94. The molecule has 0 spiro atoms. The molecule has 1 amide bonds. The van der Waals surface area contributed by atoms with Crippen LogP contribution in [0.15, 0.2) is 0 Å². The first-order chi connectivity index (χ1) is 7.53. The second kappa shape index (κ2) is 5.89. The van der Waals surface area contributed by atoms with Crippen LogP contribution in [0.2, 0.25) is 0 Å². The lowest BCUT2D eigenvalue weighted by molar-refractivity contribution is -0.124. The molecule has 0 aliphatic heterocycles. The molecule has 4 nitrogen and oxygen atoms in total. The van der Waals surface area contributed by atoms with Gasteiger partial charge in [-0.3, -0.25) is 4.79 Å². The predicted molar refractivity (Wildman–Crippen MR) is 67.3 cm³/mol. The zero-order valence-corrected chi connectivity index (χ0v) is 10.8. The monoisotopic (exact) mass is 246 g/mol. The molecule has 0 aromatic heterocycles. The van der Waals surface area contributed by atoms with Crippen molar-refractivity contribution in [3.05, 3.63) is 0 Å². The van der Waals surface area contributed by atoms with Crippen LogP contribution in [0, 0.1) is 5.92 Å². The van der Waals surface area contributed by atoms with E-state index in [0.29, 0.717) is 17.4 Å². The number of primary amides is 1. The van der Waals surface area contributed by atoms with Gasteiger partial charge in [0.15, 0.2) is 0 Å². The van der Waals surface area contributed by atoms with Crippen LogP contribution in [0.3, 0.4) is 0 Å². The molecular weight excluding hydrogens is 224 g/mol. The molecule has 0 aromatic rings. The second-order valence-corrected chi connectivity index (χ2v) is 5.79. The summed E-state index contributed by atoms with van der Waals surface area (Å²) in [5.41, 5.74) is 4.99. The summed E-state index contributed by atoms with van der Waals surface area (Å²) in [6, 6.07) is 0.239. The Hall–Kier alpha value is -0.260. The lowest BCUT2D eigenvalue weighted by atomic mass is 9.93. The number of aliphatic hydroxyl groups excluding tert-OH is 1. The van der Waals surface area contributed by atoms with Gasteiger partial charge in [-0.25, -0.2) is 0 Å². The van der Waals surface area contributed by atoms with Gasteiger partial charge in [0.25, 0.3) is 0 Å². The maximum absolute atomic E-state index is 11.7. The zero-order chi connectivity index (χ0) is 12.2. The number of nitrogens with two attached hydrogens (primary N) is 1. The fourth-order valence-electron chi connectivity index (χ4n) is 2.01. The fourth-order valence-corrected chi connectivity index (χ4v) is 3.07. The summed E-state index contributed by atoms with van der Waals surface area (Å²) in [6.07, 6.45) is 2.14. The quantitative estimate of drug-likeness (QED) is 0.540. The van der Waals surface area contributed by atoms with Crippen molar-refractivity contribution in [1.82, 2.24) is 5.32 Å². The van der Waals surface area contributed by atoms with Gasteiger partial charge in [0.2, 0.25) is 5.91 Å². The zero-order valence-electron chi connectivity index (χ0n) is 10.0. The maximum atomic E-state index is 11.7. The highest BCUT2D eigenvalue weighted by atomic mass is 32.2. The number of hydrogen-bond donors (Lipinski definition) is 3. The van der Waals surface area contributed by atoms with Gasteiger partial charge in [0.1, 0.15) is 5.54 Å². The molecule has 94 valence electrons.